The van der Waals surface area contributed by atoms with Crippen LogP contribution in [0.2, 0.25) is 0 Å². The number of phenolic OH excluding ortho intramolecular Hbond substituents is 2. The number of rotatable bonds is 2. The van der Waals surface area contributed by atoms with Crippen LogP contribution in [0, 0.1) is 27.7 Å². The first-order chi connectivity index (χ1) is 9.31. The van der Waals surface area contributed by atoms with Crippen molar-refractivity contribution in [2.24, 2.45) is 0 Å². The minimum atomic E-state index is 0.303. The Morgan fingerprint density at radius 2 is 1.05 bits per heavy atom. The molecule has 0 saturated carbocycles. The summed E-state index contributed by atoms with van der Waals surface area (Å²) in [6, 6.07) is 7.43. The molecular formula is C18H20O2. The average Bonchev–Trinajstić information content (AvgIpc) is 2.37. The van der Waals surface area contributed by atoms with Crippen LogP contribution in [0.3, 0.4) is 0 Å². The Bertz CT molecular complexity index is 638. The number of aromatic hydroxyl groups is 2. The molecule has 0 radical (unpaired) electrons. The molecule has 2 heteroatoms. The molecule has 20 heavy (non-hydrogen) atoms. The van der Waals surface area contributed by atoms with Crippen molar-refractivity contribution in [3.63, 3.8) is 0 Å². The van der Waals surface area contributed by atoms with Gasteiger partial charge in [0.1, 0.15) is 11.5 Å². The van der Waals surface area contributed by atoms with Crippen molar-refractivity contribution < 1.29 is 10.2 Å². The molecule has 0 unspecified atom stereocenters. The second kappa shape index (κ2) is 5.04. The van der Waals surface area contributed by atoms with Crippen LogP contribution in [-0.2, 0) is 0 Å². The molecule has 0 saturated heterocycles. The van der Waals surface area contributed by atoms with E-state index in [1.165, 1.54) is 0 Å². The summed E-state index contributed by atoms with van der Waals surface area (Å²) in [5.41, 5.74) is 6.60. The van der Waals surface area contributed by atoms with E-state index in [0.717, 1.165) is 39.0 Å². The largest absolute Gasteiger partial charge is 0.508 e. The molecule has 104 valence electrons. The van der Waals surface area contributed by atoms with E-state index in [1.54, 1.807) is 12.1 Å². The molecule has 0 spiro atoms. The quantitative estimate of drug-likeness (QED) is 0.847. The van der Waals surface area contributed by atoms with Gasteiger partial charge in [-0.15, -0.1) is 0 Å². The maximum atomic E-state index is 9.75. The third kappa shape index (κ3) is 2.42. The van der Waals surface area contributed by atoms with Crippen molar-refractivity contribution in [1.82, 2.24) is 0 Å². The van der Waals surface area contributed by atoms with Crippen LogP contribution in [0.5, 0.6) is 11.5 Å². The Morgan fingerprint density at radius 1 is 0.700 bits per heavy atom. The van der Waals surface area contributed by atoms with E-state index in [2.05, 4.69) is 6.58 Å². The molecule has 0 atom stereocenters. The van der Waals surface area contributed by atoms with Crippen molar-refractivity contribution in [1.29, 1.82) is 0 Å². The first kappa shape index (κ1) is 14.2. The highest BCUT2D eigenvalue weighted by atomic mass is 16.3. The summed E-state index contributed by atoms with van der Waals surface area (Å²) in [4.78, 5) is 0. The first-order valence-electron chi connectivity index (χ1n) is 6.61. The second-order valence-electron chi connectivity index (χ2n) is 5.39. The monoisotopic (exact) mass is 268 g/mol. The SMILES string of the molecule is C=C(c1cc(C)c(O)cc1C)c1cc(C)c(O)cc1C. The third-order valence-electron chi connectivity index (χ3n) is 3.74. The summed E-state index contributed by atoms with van der Waals surface area (Å²) in [6.45, 7) is 11.9. The number of hydrogen-bond donors (Lipinski definition) is 2. The Kier molecular flexibility index (Phi) is 3.58. The highest BCUT2D eigenvalue weighted by Crippen LogP contribution is 2.33. The second-order valence-corrected chi connectivity index (χ2v) is 5.39. The zero-order chi connectivity index (χ0) is 15.0. The molecule has 2 N–H and O–H groups in total. The minimum Gasteiger partial charge on any atom is -0.508 e. The van der Waals surface area contributed by atoms with E-state index in [0.29, 0.717) is 11.5 Å². The molecule has 0 amide bonds. The Hall–Kier alpha value is -2.22. The van der Waals surface area contributed by atoms with E-state index in [-0.39, 0.29) is 0 Å². The van der Waals surface area contributed by atoms with Crippen LogP contribution in [0.4, 0.5) is 0 Å². The first-order valence-corrected chi connectivity index (χ1v) is 6.61. The molecule has 0 aromatic heterocycles. The lowest BCUT2D eigenvalue weighted by molar-refractivity contribution is 0.470. The van der Waals surface area contributed by atoms with Crippen molar-refractivity contribution in [2.75, 3.05) is 0 Å². The van der Waals surface area contributed by atoms with Crippen LogP contribution >= 0.6 is 0 Å². The van der Waals surface area contributed by atoms with Crippen LogP contribution in [-0.4, -0.2) is 10.2 Å². The standard InChI is InChI=1S/C18H20O2/c1-10-8-17(19)12(3)6-15(10)14(5)16-7-13(4)18(20)9-11(16)2/h6-9,19-20H,5H2,1-4H3. The lowest BCUT2D eigenvalue weighted by Crippen LogP contribution is -1.95. The zero-order valence-electron chi connectivity index (χ0n) is 12.4. The Balaban J connectivity index is 2.57. The van der Waals surface area contributed by atoms with Gasteiger partial charge in [0.15, 0.2) is 0 Å². The predicted octanol–water partition coefficient (Wildman–Crippen LogP) is 4.39. The maximum Gasteiger partial charge on any atom is 0.118 e. The topological polar surface area (TPSA) is 40.5 Å². The third-order valence-corrected chi connectivity index (χ3v) is 3.74. The van der Waals surface area contributed by atoms with Crippen LogP contribution in [0.1, 0.15) is 33.4 Å². The van der Waals surface area contributed by atoms with E-state index in [4.69, 9.17) is 0 Å². The van der Waals surface area contributed by atoms with Crippen molar-refractivity contribution in [3.8, 4) is 11.5 Å². The minimum absolute atomic E-state index is 0.303. The normalized spacial score (nSPS) is 10.6. The fraction of sp³-hybridized carbons (Fsp3) is 0.222. The molecule has 0 aliphatic carbocycles. The van der Waals surface area contributed by atoms with Crippen LogP contribution in [0.15, 0.2) is 30.8 Å². The van der Waals surface area contributed by atoms with Crippen molar-refractivity contribution >= 4 is 5.57 Å². The Labute approximate surface area is 120 Å². The van der Waals surface area contributed by atoms with Gasteiger partial charge in [0, 0.05) is 0 Å². The molecule has 0 aliphatic heterocycles. The molecule has 2 aromatic carbocycles. The van der Waals surface area contributed by atoms with Gasteiger partial charge in [-0.2, -0.15) is 0 Å². The number of phenols is 2. The van der Waals surface area contributed by atoms with E-state index >= 15 is 0 Å². The van der Waals surface area contributed by atoms with E-state index in [9.17, 15) is 10.2 Å². The van der Waals surface area contributed by atoms with Gasteiger partial charge < -0.3 is 10.2 Å². The highest BCUT2D eigenvalue weighted by Gasteiger charge is 2.12. The zero-order valence-corrected chi connectivity index (χ0v) is 12.4. The summed E-state index contributed by atoms with van der Waals surface area (Å²) in [5, 5.41) is 19.5. The summed E-state index contributed by atoms with van der Waals surface area (Å²) < 4.78 is 0. The smallest absolute Gasteiger partial charge is 0.118 e. The van der Waals surface area contributed by atoms with Gasteiger partial charge >= 0.3 is 0 Å². The summed E-state index contributed by atoms with van der Waals surface area (Å²) >= 11 is 0. The summed E-state index contributed by atoms with van der Waals surface area (Å²) in [5.74, 6) is 0.607. The summed E-state index contributed by atoms with van der Waals surface area (Å²) in [6.07, 6.45) is 0. The molecule has 0 aliphatic rings. The Morgan fingerprint density at radius 3 is 1.40 bits per heavy atom. The lowest BCUT2D eigenvalue weighted by atomic mass is 9.90. The van der Waals surface area contributed by atoms with Gasteiger partial charge in [-0.05, 0) is 90.9 Å². The molecule has 2 rings (SSSR count). The highest BCUT2D eigenvalue weighted by molar-refractivity contribution is 5.82. The predicted molar refractivity (Wildman–Crippen MR) is 83.3 cm³/mol. The van der Waals surface area contributed by atoms with Gasteiger partial charge in [0.05, 0.1) is 0 Å². The van der Waals surface area contributed by atoms with Crippen LogP contribution < -0.4 is 0 Å². The van der Waals surface area contributed by atoms with Gasteiger partial charge in [-0.3, -0.25) is 0 Å². The molecular weight excluding hydrogens is 248 g/mol. The molecule has 0 heterocycles. The number of benzene rings is 2. The fourth-order valence-corrected chi connectivity index (χ4v) is 2.40. The summed E-state index contributed by atoms with van der Waals surface area (Å²) in [7, 11) is 0. The van der Waals surface area contributed by atoms with Crippen molar-refractivity contribution in [2.45, 2.75) is 27.7 Å². The fourth-order valence-electron chi connectivity index (χ4n) is 2.40. The van der Waals surface area contributed by atoms with Crippen molar-refractivity contribution in [3.05, 3.63) is 64.2 Å². The molecule has 2 aromatic rings. The van der Waals surface area contributed by atoms with Gasteiger partial charge in [-0.25, -0.2) is 0 Å². The van der Waals surface area contributed by atoms with E-state index in [1.807, 2.05) is 39.8 Å². The van der Waals surface area contributed by atoms with E-state index < -0.39 is 0 Å². The molecule has 0 bridgehead atoms. The maximum absolute atomic E-state index is 9.75. The molecule has 0 fully saturated rings. The number of aryl methyl sites for hydroxylation is 4. The van der Waals surface area contributed by atoms with Gasteiger partial charge in [-0.1, -0.05) is 6.58 Å². The number of hydrogen-bond acceptors (Lipinski definition) is 2. The average molecular weight is 268 g/mol. The van der Waals surface area contributed by atoms with Gasteiger partial charge in [0.2, 0.25) is 0 Å². The lowest BCUT2D eigenvalue weighted by Gasteiger charge is -2.15. The molecule has 2 nitrogen and oxygen atoms in total. The van der Waals surface area contributed by atoms with Gasteiger partial charge in [0.25, 0.3) is 0 Å². The van der Waals surface area contributed by atoms with Crippen LogP contribution in [0.25, 0.3) is 5.57 Å².